The summed E-state index contributed by atoms with van der Waals surface area (Å²) < 4.78 is 0. The summed E-state index contributed by atoms with van der Waals surface area (Å²) in [6.07, 6.45) is 7.25. The van der Waals surface area contributed by atoms with E-state index in [0.29, 0.717) is 0 Å². The fourth-order valence-corrected chi connectivity index (χ4v) is 3.44. The van der Waals surface area contributed by atoms with Crippen molar-refractivity contribution in [3.05, 3.63) is 131 Å². The molecular weight excluding hydrogens is 426 g/mol. The second-order valence-electron chi connectivity index (χ2n) is 7.26. The maximum atomic E-state index is 2.20. The van der Waals surface area contributed by atoms with Gasteiger partial charge in [-0.2, -0.15) is 35.4 Å². The minimum atomic E-state index is 0. The van der Waals surface area contributed by atoms with Crippen molar-refractivity contribution in [2.75, 3.05) is 0 Å². The average Bonchev–Trinajstić information content (AvgIpc) is 3.45. The summed E-state index contributed by atoms with van der Waals surface area (Å²) in [7, 11) is 0. The molecule has 0 bridgehead atoms. The molecule has 0 aliphatic carbocycles. The first-order chi connectivity index (χ1) is 13.9. The molecule has 0 amide bonds. The number of hydrogen-bond acceptors (Lipinski definition) is 0. The molecule has 0 spiro atoms. The zero-order valence-electron chi connectivity index (χ0n) is 17.8. The van der Waals surface area contributed by atoms with E-state index in [1.54, 1.807) is 0 Å². The SMILES string of the molecule is [Cr+4].[F-].[F-].c1ccc(CCC[c-]2cccc2)cc1.c1ccc(CCC[c-]2cccc2)cc1. The average molecular weight is 457 g/mol. The van der Waals surface area contributed by atoms with Crippen molar-refractivity contribution in [2.45, 2.75) is 38.5 Å². The summed E-state index contributed by atoms with van der Waals surface area (Å²) in [6.45, 7) is 0. The van der Waals surface area contributed by atoms with Gasteiger partial charge in [-0.3, -0.25) is 0 Å². The van der Waals surface area contributed by atoms with Crippen molar-refractivity contribution in [3.63, 3.8) is 0 Å². The van der Waals surface area contributed by atoms with Crippen LogP contribution in [0, 0.1) is 0 Å². The van der Waals surface area contributed by atoms with Crippen LogP contribution in [0.2, 0.25) is 0 Å². The zero-order chi connectivity index (χ0) is 19.3. The van der Waals surface area contributed by atoms with Gasteiger partial charge in [0.2, 0.25) is 0 Å². The number of rotatable bonds is 8. The summed E-state index contributed by atoms with van der Waals surface area (Å²) in [4.78, 5) is 0. The van der Waals surface area contributed by atoms with E-state index in [2.05, 4.69) is 109 Å². The van der Waals surface area contributed by atoms with Crippen LogP contribution in [-0.4, -0.2) is 0 Å². The molecule has 31 heavy (non-hydrogen) atoms. The number of benzene rings is 2. The Labute approximate surface area is 196 Å². The van der Waals surface area contributed by atoms with Crippen molar-refractivity contribution in [1.29, 1.82) is 0 Å². The molecule has 4 aromatic rings. The second-order valence-corrected chi connectivity index (χ2v) is 7.26. The molecule has 0 aromatic heterocycles. The maximum absolute atomic E-state index is 2.20. The van der Waals surface area contributed by atoms with Gasteiger partial charge in [0.1, 0.15) is 0 Å². The first-order valence-corrected chi connectivity index (χ1v) is 10.4. The minimum Gasteiger partial charge on any atom is -1.00 e. The Balaban J connectivity index is 0.000000529. The van der Waals surface area contributed by atoms with Crippen LogP contribution in [0.4, 0.5) is 0 Å². The topological polar surface area (TPSA) is 0 Å². The minimum absolute atomic E-state index is 0. The molecule has 0 saturated heterocycles. The zero-order valence-corrected chi connectivity index (χ0v) is 19.1. The van der Waals surface area contributed by atoms with Crippen LogP contribution >= 0.6 is 0 Å². The Morgan fingerprint density at radius 1 is 0.452 bits per heavy atom. The van der Waals surface area contributed by atoms with Gasteiger partial charge >= 0.3 is 17.4 Å². The van der Waals surface area contributed by atoms with E-state index < -0.39 is 0 Å². The van der Waals surface area contributed by atoms with Gasteiger partial charge in [0.15, 0.2) is 0 Å². The van der Waals surface area contributed by atoms with Crippen LogP contribution in [0.1, 0.15) is 35.1 Å². The van der Waals surface area contributed by atoms with E-state index in [-0.39, 0.29) is 26.8 Å². The van der Waals surface area contributed by atoms with Gasteiger partial charge in [-0.15, -0.1) is 0 Å². The van der Waals surface area contributed by atoms with Crippen molar-refractivity contribution < 1.29 is 26.8 Å². The van der Waals surface area contributed by atoms with E-state index >= 15 is 0 Å². The normalized spacial score (nSPS) is 9.29. The van der Waals surface area contributed by atoms with E-state index in [4.69, 9.17) is 0 Å². The Morgan fingerprint density at radius 2 is 0.774 bits per heavy atom. The van der Waals surface area contributed by atoms with Crippen LogP contribution in [0.15, 0.2) is 109 Å². The van der Waals surface area contributed by atoms with Gasteiger partial charge in [-0.25, -0.2) is 24.3 Å². The molecule has 162 valence electrons. The molecular formula is C28H30CrF2. The summed E-state index contributed by atoms with van der Waals surface area (Å²) in [6, 6.07) is 38.6. The summed E-state index contributed by atoms with van der Waals surface area (Å²) in [5, 5.41) is 0. The van der Waals surface area contributed by atoms with Crippen molar-refractivity contribution in [2.24, 2.45) is 0 Å². The smallest absolute Gasteiger partial charge is 1.00 e. The Morgan fingerprint density at radius 3 is 1.10 bits per heavy atom. The third kappa shape index (κ3) is 11.5. The molecule has 0 aliphatic rings. The van der Waals surface area contributed by atoms with Gasteiger partial charge in [0.25, 0.3) is 0 Å². The van der Waals surface area contributed by atoms with Crippen LogP contribution < -0.4 is 9.41 Å². The quantitative estimate of drug-likeness (QED) is 0.349. The molecule has 0 aliphatic heterocycles. The Kier molecular flexibility index (Phi) is 15.9. The predicted octanol–water partition coefficient (Wildman–Crippen LogP) is 1.17. The van der Waals surface area contributed by atoms with E-state index in [1.807, 2.05) is 0 Å². The third-order valence-electron chi connectivity index (χ3n) is 5.01. The van der Waals surface area contributed by atoms with Crippen molar-refractivity contribution >= 4 is 0 Å². The molecule has 4 aromatic carbocycles. The van der Waals surface area contributed by atoms with Gasteiger partial charge in [-0.1, -0.05) is 86.3 Å². The number of halogens is 2. The molecule has 0 atom stereocenters. The van der Waals surface area contributed by atoms with E-state index in [0.717, 1.165) is 0 Å². The largest absolute Gasteiger partial charge is 4.00 e. The van der Waals surface area contributed by atoms with E-state index in [1.165, 1.54) is 60.8 Å². The van der Waals surface area contributed by atoms with Crippen LogP contribution in [-0.2, 0) is 43.0 Å². The Bertz CT molecular complexity index is 778. The third-order valence-corrected chi connectivity index (χ3v) is 5.01. The predicted molar refractivity (Wildman–Crippen MR) is 121 cm³/mol. The van der Waals surface area contributed by atoms with Crippen LogP contribution in [0.5, 0.6) is 0 Å². The van der Waals surface area contributed by atoms with Crippen LogP contribution in [0.25, 0.3) is 0 Å². The van der Waals surface area contributed by atoms with E-state index in [9.17, 15) is 0 Å². The summed E-state index contributed by atoms with van der Waals surface area (Å²) in [5.74, 6) is 0. The molecule has 0 unspecified atom stereocenters. The van der Waals surface area contributed by atoms with Crippen molar-refractivity contribution in [1.82, 2.24) is 0 Å². The Hall–Kier alpha value is -2.47. The van der Waals surface area contributed by atoms with Gasteiger partial charge in [0.05, 0.1) is 0 Å². The fraction of sp³-hybridized carbons (Fsp3) is 0.214. The molecule has 0 saturated carbocycles. The standard InChI is InChI=1S/2C14H15.Cr.2FH/c2*1-2-7-13(8-3-1)11-6-12-14-9-4-5-10-14;;;/h2*1-5,7-10H,6,11-12H2;;2*1H/q2*-1;+4;;/p-2. The molecule has 0 heterocycles. The second kappa shape index (κ2) is 17.2. The summed E-state index contributed by atoms with van der Waals surface area (Å²) >= 11 is 0. The van der Waals surface area contributed by atoms with Gasteiger partial charge in [0, 0.05) is 0 Å². The first kappa shape index (κ1) is 28.5. The van der Waals surface area contributed by atoms with Crippen LogP contribution in [0.3, 0.4) is 0 Å². The monoisotopic (exact) mass is 456 g/mol. The molecule has 0 N–H and O–H groups in total. The summed E-state index contributed by atoms with van der Waals surface area (Å²) in [5.41, 5.74) is 5.81. The molecule has 4 rings (SSSR count). The fourth-order valence-electron chi connectivity index (χ4n) is 3.44. The van der Waals surface area contributed by atoms with Gasteiger partial charge < -0.3 is 9.41 Å². The first-order valence-electron chi connectivity index (χ1n) is 10.4. The van der Waals surface area contributed by atoms with Crippen molar-refractivity contribution in [3.8, 4) is 0 Å². The number of aryl methyl sites for hydroxylation is 4. The molecule has 0 nitrogen and oxygen atoms in total. The molecule has 3 heteroatoms. The maximum Gasteiger partial charge on any atom is 4.00 e. The molecule has 0 fully saturated rings. The molecule has 0 radical (unpaired) electrons. The number of hydrogen-bond donors (Lipinski definition) is 0. The van der Waals surface area contributed by atoms with Gasteiger partial charge in [-0.05, 0) is 24.0 Å².